The van der Waals surface area contributed by atoms with E-state index in [1.807, 2.05) is 55.5 Å². The van der Waals surface area contributed by atoms with E-state index in [1.54, 1.807) is 7.11 Å². The topological polar surface area (TPSA) is 27.7 Å². The van der Waals surface area contributed by atoms with E-state index in [0.29, 0.717) is 13.2 Å². The normalized spacial score (nSPS) is 13.6. The van der Waals surface area contributed by atoms with Gasteiger partial charge in [0, 0.05) is 0 Å². The third-order valence-electron chi connectivity index (χ3n) is 3.05. The monoisotopic (exact) mass is 356 g/mol. The molecule has 0 N–H and O–H groups in total. The summed E-state index contributed by atoms with van der Waals surface area (Å²) in [7, 11) is 1.63. The van der Waals surface area contributed by atoms with Crippen LogP contribution in [0.1, 0.15) is 16.7 Å². The van der Waals surface area contributed by atoms with Gasteiger partial charge in [0.05, 0.1) is 20.3 Å². The average molecular weight is 357 g/mol. The summed E-state index contributed by atoms with van der Waals surface area (Å²) in [5, 5.41) is 0. The zero-order chi connectivity index (χ0) is 16.0. The number of hydrogen-bond donors (Lipinski definition) is 0. The Bertz CT molecular complexity index is 643. The lowest BCUT2D eigenvalue weighted by Crippen LogP contribution is -1.94. The number of rotatable bonds is 7. The Labute approximate surface area is 141 Å². The van der Waals surface area contributed by atoms with Crippen molar-refractivity contribution in [1.82, 2.24) is 0 Å². The maximum absolute atomic E-state index is 6.18. The predicted molar refractivity (Wildman–Crippen MR) is 93.9 cm³/mol. The van der Waals surface area contributed by atoms with Gasteiger partial charge >= 0.3 is 0 Å². The van der Waals surface area contributed by atoms with Gasteiger partial charge in [-0.15, -0.1) is 0 Å². The molecule has 0 bridgehead atoms. The predicted octanol–water partition coefficient (Wildman–Crippen LogP) is 5.20. The minimum absolute atomic E-state index is 0.318. The molecule has 0 saturated heterocycles. The van der Waals surface area contributed by atoms with Gasteiger partial charge in [-0.25, -0.2) is 0 Å². The highest BCUT2D eigenvalue weighted by Crippen LogP contribution is 2.55. The van der Waals surface area contributed by atoms with E-state index in [0.717, 1.165) is 16.9 Å². The third kappa shape index (κ3) is 5.71. The number of benzene rings is 2. The summed E-state index contributed by atoms with van der Waals surface area (Å²) in [6.07, 6.45) is 0. The van der Waals surface area contributed by atoms with Crippen LogP contribution in [0.3, 0.4) is 0 Å². The summed E-state index contributed by atoms with van der Waals surface area (Å²) in [5.41, 5.74) is 3.19. The lowest BCUT2D eigenvalue weighted by atomic mass is 10.2. The summed E-state index contributed by atoms with van der Waals surface area (Å²) in [4.78, 5) is 0. The maximum atomic E-state index is 6.18. The molecule has 0 aliphatic rings. The Morgan fingerprint density at radius 1 is 0.909 bits per heavy atom. The minimum atomic E-state index is -2.78. The molecule has 0 spiro atoms. The largest absolute Gasteiger partial charge is 0.497 e. The van der Waals surface area contributed by atoms with Crippen molar-refractivity contribution in [3.05, 3.63) is 65.2 Å². The molecule has 0 fully saturated rings. The second-order valence-corrected chi connectivity index (χ2v) is 9.57. The van der Waals surface area contributed by atoms with E-state index < -0.39 is 5.84 Å². The van der Waals surface area contributed by atoms with Crippen molar-refractivity contribution in [1.29, 1.82) is 0 Å². The summed E-state index contributed by atoms with van der Waals surface area (Å²) < 4.78 is 16.2. The molecule has 0 aromatic heterocycles. The highest BCUT2D eigenvalue weighted by Gasteiger charge is 2.15. The quantitative estimate of drug-likeness (QED) is 0.637. The van der Waals surface area contributed by atoms with Crippen LogP contribution in [0.4, 0.5) is 0 Å². The summed E-state index contributed by atoms with van der Waals surface area (Å²) in [6, 6.07) is 15.6. The van der Waals surface area contributed by atoms with Crippen molar-refractivity contribution in [2.24, 2.45) is 0 Å². The Morgan fingerprint density at radius 3 is 1.82 bits per heavy atom. The first-order valence-corrected chi connectivity index (χ1v) is 10.3. The zero-order valence-electron chi connectivity index (χ0n) is 12.5. The van der Waals surface area contributed by atoms with Crippen LogP contribution in [0.5, 0.6) is 5.75 Å². The van der Waals surface area contributed by atoms with Crippen LogP contribution in [-0.2, 0) is 34.1 Å². The highest BCUT2D eigenvalue weighted by molar-refractivity contribution is 8.22. The molecule has 3 nitrogen and oxygen atoms in total. The van der Waals surface area contributed by atoms with Crippen molar-refractivity contribution in [3.8, 4) is 5.75 Å². The Balaban J connectivity index is 1.84. The molecule has 0 amide bonds. The molecule has 22 heavy (non-hydrogen) atoms. The summed E-state index contributed by atoms with van der Waals surface area (Å²) in [6.45, 7) is 2.71. The second-order valence-electron chi connectivity index (χ2n) is 4.81. The number of halogens is 1. The van der Waals surface area contributed by atoms with Crippen LogP contribution < -0.4 is 4.74 Å². The van der Waals surface area contributed by atoms with Gasteiger partial charge < -0.3 is 13.8 Å². The fraction of sp³-hybridized carbons (Fsp3) is 0.250. The molecule has 118 valence electrons. The molecular weight excluding hydrogens is 339 g/mol. The molecule has 6 heteroatoms. The van der Waals surface area contributed by atoms with Gasteiger partial charge in [0.25, 0.3) is 5.84 Å². The Kier molecular flexibility index (Phi) is 6.42. The van der Waals surface area contributed by atoms with Gasteiger partial charge in [0.1, 0.15) is 5.75 Å². The minimum Gasteiger partial charge on any atom is -0.497 e. The molecule has 0 saturated carbocycles. The molecule has 1 atom stereocenters. The number of methoxy groups -OCH3 is 1. The van der Waals surface area contributed by atoms with Crippen molar-refractivity contribution in [3.63, 3.8) is 0 Å². The fourth-order valence-electron chi connectivity index (χ4n) is 1.75. The van der Waals surface area contributed by atoms with Crippen LogP contribution >= 0.6 is 17.1 Å². The van der Waals surface area contributed by atoms with Crippen LogP contribution in [0.2, 0.25) is 0 Å². The summed E-state index contributed by atoms with van der Waals surface area (Å²) in [5.74, 6) is -1.98. The van der Waals surface area contributed by atoms with Crippen molar-refractivity contribution in [2.45, 2.75) is 20.1 Å². The van der Waals surface area contributed by atoms with Crippen LogP contribution in [0.15, 0.2) is 48.5 Å². The van der Waals surface area contributed by atoms with Gasteiger partial charge in [0.15, 0.2) is 0 Å². The lowest BCUT2D eigenvalue weighted by Gasteiger charge is -2.15. The van der Waals surface area contributed by atoms with Crippen molar-refractivity contribution < 1.29 is 13.8 Å². The van der Waals surface area contributed by atoms with E-state index in [-0.39, 0.29) is 0 Å². The number of ether oxygens (including phenoxy) is 1. The maximum Gasteiger partial charge on any atom is 0.282 e. The second kappa shape index (κ2) is 8.09. The summed E-state index contributed by atoms with van der Waals surface area (Å²) >= 11 is 11.4. The molecule has 0 aliphatic heterocycles. The van der Waals surface area contributed by atoms with Crippen LogP contribution in [-0.4, -0.2) is 7.11 Å². The average Bonchev–Trinajstić information content (AvgIpc) is 2.53. The molecule has 2 aromatic rings. The molecule has 0 radical (unpaired) electrons. The molecular formula is C16H18ClO3PS. The molecule has 2 aromatic carbocycles. The van der Waals surface area contributed by atoms with Gasteiger partial charge in [-0.1, -0.05) is 42.0 Å². The number of aryl methyl sites for hydroxylation is 1. The lowest BCUT2D eigenvalue weighted by molar-refractivity contribution is 0.245. The van der Waals surface area contributed by atoms with Crippen LogP contribution in [0, 0.1) is 6.92 Å². The first-order chi connectivity index (χ1) is 10.5. The third-order valence-corrected chi connectivity index (χ3v) is 5.14. The standard InChI is InChI=1S/C16H18ClO3PS/c1-13-3-5-14(6-4-13)11-19-21(17,22)20-12-15-7-9-16(18-2)10-8-15/h3-10H,11-12H2,1-2H3. The van der Waals surface area contributed by atoms with Crippen LogP contribution in [0.25, 0.3) is 0 Å². The highest BCUT2D eigenvalue weighted by atomic mass is 35.7. The molecule has 0 aliphatic carbocycles. The van der Waals surface area contributed by atoms with Gasteiger partial charge in [-0.2, -0.15) is 0 Å². The van der Waals surface area contributed by atoms with Gasteiger partial charge in [0.2, 0.25) is 0 Å². The Morgan fingerprint density at radius 2 is 1.36 bits per heavy atom. The Hall–Kier alpha value is -0.900. The van der Waals surface area contributed by atoms with Gasteiger partial charge in [-0.05, 0) is 53.2 Å². The van der Waals surface area contributed by atoms with Gasteiger partial charge in [-0.3, -0.25) is 0 Å². The van der Waals surface area contributed by atoms with Crippen molar-refractivity contribution >= 4 is 28.9 Å². The van der Waals surface area contributed by atoms with E-state index in [4.69, 9.17) is 36.8 Å². The van der Waals surface area contributed by atoms with E-state index in [1.165, 1.54) is 5.56 Å². The van der Waals surface area contributed by atoms with E-state index in [9.17, 15) is 0 Å². The smallest absolute Gasteiger partial charge is 0.282 e. The molecule has 1 unspecified atom stereocenters. The van der Waals surface area contributed by atoms with Crippen molar-refractivity contribution in [2.75, 3.05) is 7.11 Å². The fourth-order valence-corrected chi connectivity index (χ4v) is 3.04. The SMILES string of the molecule is COc1ccc(COP(=S)(Cl)OCc2ccc(C)cc2)cc1. The zero-order valence-corrected chi connectivity index (χ0v) is 15.0. The molecule has 2 rings (SSSR count). The molecule has 0 heterocycles. The van der Waals surface area contributed by atoms with E-state index in [2.05, 4.69) is 0 Å². The van der Waals surface area contributed by atoms with E-state index >= 15 is 0 Å². The first-order valence-electron chi connectivity index (χ1n) is 6.76. The first kappa shape index (κ1) is 17.5. The number of hydrogen-bond acceptors (Lipinski definition) is 4.